The molecule has 3 rings (SSSR count). The summed E-state index contributed by atoms with van der Waals surface area (Å²) < 4.78 is 19.2. The van der Waals surface area contributed by atoms with Crippen molar-refractivity contribution in [2.75, 3.05) is 19.6 Å². The Balaban J connectivity index is 1.43. The number of rotatable bonds is 5. The third kappa shape index (κ3) is 4.01. The molecule has 1 aliphatic heterocycles. The molecule has 0 amide bonds. The Morgan fingerprint density at radius 1 is 1.41 bits per heavy atom. The second-order valence-corrected chi connectivity index (χ2v) is 6.62. The summed E-state index contributed by atoms with van der Waals surface area (Å²) in [6.07, 6.45) is 4.42. The van der Waals surface area contributed by atoms with Crippen LogP contribution >= 0.6 is 11.3 Å². The van der Waals surface area contributed by atoms with Gasteiger partial charge in [0.1, 0.15) is 6.10 Å². The van der Waals surface area contributed by atoms with Gasteiger partial charge in [0.05, 0.1) is 10.7 Å². The molecular weight excluding hydrogens is 301 g/mol. The van der Waals surface area contributed by atoms with Crippen LogP contribution in [0.25, 0.3) is 0 Å². The van der Waals surface area contributed by atoms with Crippen molar-refractivity contribution in [2.24, 2.45) is 0 Å². The molecule has 0 saturated carbocycles. The van der Waals surface area contributed by atoms with Crippen LogP contribution in [0.3, 0.4) is 0 Å². The van der Waals surface area contributed by atoms with Crippen molar-refractivity contribution in [2.45, 2.75) is 32.3 Å². The number of hydrogen-bond donors (Lipinski definition) is 0. The summed E-state index contributed by atoms with van der Waals surface area (Å²) in [6.45, 7) is 5.01. The van der Waals surface area contributed by atoms with Gasteiger partial charge in [0, 0.05) is 37.6 Å². The van der Waals surface area contributed by atoms with Gasteiger partial charge < -0.3 is 9.64 Å². The molecule has 3 heterocycles. The van der Waals surface area contributed by atoms with E-state index in [1.54, 1.807) is 23.6 Å². The standard InChI is InChI=1S/C16H20FN3OS/c1-12-19-13(11-22-12)4-8-20-9-5-14(6-10-20)21-16-15(17)3-2-7-18-16/h2-3,7,11,14H,4-6,8-10H2,1H3. The summed E-state index contributed by atoms with van der Waals surface area (Å²) in [5.41, 5.74) is 1.18. The van der Waals surface area contributed by atoms with Gasteiger partial charge in [-0.3, -0.25) is 0 Å². The van der Waals surface area contributed by atoms with Crippen molar-refractivity contribution in [1.82, 2.24) is 14.9 Å². The Hall–Kier alpha value is -1.53. The molecule has 6 heteroatoms. The number of thiazole rings is 1. The van der Waals surface area contributed by atoms with Gasteiger partial charge in [-0.2, -0.15) is 0 Å². The van der Waals surface area contributed by atoms with E-state index in [1.165, 1.54) is 11.8 Å². The van der Waals surface area contributed by atoms with Gasteiger partial charge in [-0.15, -0.1) is 11.3 Å². The van der Waals surface area contributed by atoms with Crippen LogP contribution in [0.2, 0.25) is 0 Å². The molecule has 0 bridgehead atoms. The highest BCUT2D eigenvalue weighted by molar-refractivity contribution is 7.09. The van der Waals surface area contributed by atoms with Gasteiger partial charge in [-0.1, -0.05) is 0 Å². The van der Waals surface area contributed by atoms with Crippen LogP contribution < -0.4 is 4.74 Å². The number of aromatic nitrogens is 2. The SMILES string of the molecule is Cc1nc(CCN2CCC(Oc3ncccc3F)CC2)cs1. The van der Waals surface area contributed by atoms with Crippen LogP contribution in [0.15, 0.2) is 23.7 Å². The quantitative estimate of drug-likeness (QED) is 0.848. The van der Waals surface area contributed by atoms with Gasteiger partial charge in [-0.05, 0) is 31.9 Å². The van der Waals surface area contributed by atoms with E-state index >= 15 is 0 Å². The molecule has 1 fully saturated rings. The molecule has 22 heavy (non-hydrogen) atoms. The second kappa shape index (κ2) is 7.15. The number of hydrogen-bond acceptors (Lipinski definition) is 5. The minimum absolute atomic E-state index is 0.0576. The average molecular weight is 321 g/mol. The van der Waals surface area contributed by atoms with Gasteiger partial charge in [0.25, 0.3) is 5.88 Å². The maximum absolute atomic E-state index is 13.5. The minimum Gasteiger partial charge on any atom is -0.472 e. The van der Waals surface area contributed by atoms with Crippen molar-refractivity contribution in [1.29, 1.82) is 0 Å². The summed E-state index contributed by atoms with van der Waals surface area (Å²) in [6, 6.07) is 2.96. The number of nitrogens with zero attached hydrogens (tertiary/aromatic N) is 3. The molecule has 1 aliphatic rings. The maximum atomic E-state index is 13.5. The number of aryl methyl sites for hydroxylation is 1. The molecule has 0 N–H and O–H groups in total. The molecule has 0 unspecified atom stereocenters. The zero-order valence-corrected chi connectivity index (χ0v) is 13.5. The first-order valence-corrected chi connectivity index (χ1v) is 8.49. The Morgan fingerprint density at radius 3 is 2.91 bits per heavy atom. The molecule has 0 aliphatic carbocycles. The molecule has 2 aromatic rings. The highest BCUT2D eigenvalue weighted by Gasteiger charge is 2.21. The summed E-state index contributed by atoms with van der Waals surface area (Å²) in [4.78, 5) is 10.9. The molecule has 0 atom stereocenters. The average Bonchev–Trinajstić information content (AvgIpc) is 2.94. The largest absolute Gasteiger partial charge is 0.472 e. The molecule has 118 valence electrons. The number of likely N-dealkylation sites (tertiary alicyclic amines) is 1. The number of ether oxygens (including phenoxy) is 1. The molecule has 1 saturated heterocycles. The lowest BCUT2D eigenvalue weighted by Gasteiger charge is -2.31. The van der Waals surface area contributed by atoms with Crippen molar-refractivity contribution < 1.29 is 9.13 Å². The normalized spacial score (nSPS) is 16.8. The predicted octanol–water partition coefficient (Wildman–Crippen LogP) is 3.07. The van der Waals surface area contributed by atoms with Gasteiger partial charge in [-0.25, -0.2) is 14.4 Å². The van der Waals surface area contributed by atoms with E-state index in [0.29, 0.717) is 0 Å². The van der Waals surface area contributed by atoms with Gasteiger partial charge in [0.2, 0.25) is 0 Å². The fourth-order valence-electron chi connectivity index (χ4n) is 2.66. The van der Waals surface area contributed by atoms with E-state index in [2.05, 4.69) is 20.2 Å². The van der Waals surface area contributed by atoms with E-state index in [0.717, 1.165) is 43.9 Å². The van der Waals surface area contributed by atoms with Crippen LogP contribution in [0.4, 0.5) is 4.39 Å². The lowest BCUT2D eigenvalue weighted by atomic mass is 10.1. The molecule has 2 aromatic heterocycles. The van der Waals surface area contributed by atoms with Crippen molar-refractivity contribution >= 4 is 11.3 Å². The number of piperidine rings is 1. The van der Waals surface area contributed by atoms with Gasteiger partial charge >= 0.3 is 0 Å². The summed E-state index contributed by atoms with van der Waals surface area (Å²) >= 11 is 1.70. The zero-order valence-electron chi connectivity index (χ0n) is 12.7. The third-order valence-electron chi connectivity index (χ3n) is 3.89. The minimum atomic E-state index is -0.385. The van der Waals surface area contributed by atoms with E-state index in [9.17, 15) is 4.39 Å². The molecule has 0 aromatic carbocycles. The molecule has 4 nitrogen and oxygen atoms in total. The maximum Gasteiger partial charge on any atom is 0.250 e. The van der Waals surface area contributed by atoms with E-state index in [-0.39, 0.29) is 17.8 Å². The summed E-state index contributed by atoms with van der Waals surface area (Å²) in [7, 11) is 0. The Kier molecular flexibility index (Phi) is 5.00. The van der Waals surface area contributed by atoms with Crippen molar-refractivity contribution in [3.05, 3.63) is 40.2 Å². The highest BCUT2D eigenvalue weighted by Crippen LogP contribution is 2.20. The number of pyridine rings is 1. The number of halogens is 1. The third-order valence-corrected chi connectivity index (χ3v) is 4.71. The lowest BCUT2D eigenvalue weighted by Crippen LogP contribution is -2.39. The molecular formula is C16H20FN3OS. The van der Waals surface area contributed by atoms with Crippen molar-refractivity contribution in [3.8, 4) is 5.88 Å². The van der Waals surface area contributed by atoms with Crippen LogP contribution in [-0.2, 0) is 6.42 Å². The lowest BCUT2D eigenvalue weighted by molar-refractivity contribution is 0.0936. The Labute approximate surface area is 134 Å². The molecule has 0 radical (unpaired) electrons. The topological polar surface area (TPSA) is 38.2 Å². The smallest absolute Gasteiger partial charge is 0.250 e. The van der Waals surface area contributed by atoms with E-state index in [1.807, 2.05) is 6.92 Å². The van der Waals surface area contributed by atoms with Crippen LogP contribution in [-0.4, -0.2) is 40.6 Å². The highest BCUT2D eigenvalue weighted by atomic mass is 32.1. The first-order chi connectivity index (χ1) is 10.7. The second-order valence-electron chi connectivity index (χ2n) is 5.56. The molecule has 0 spiro atoms. The fraction of sp³-hybridized carbons (Fsp3) is 0.500. The Bertz CT molecular complexity index is 611. The summed E-state index contributed by atoms with van der Waals surface area (Å²) in [5.74, 6) is -0.261. The predicted molar refractivity (Wildman–Crippen MR) is 84.8 cm³/mol. The first kappa shape index (κ1) is 15.4. The van der Waals surface area contributed by atoms with Crippen LogP contribution in [0.5, 0.6) is 5.88 Å². The first-order valence-electron chi connectivity index (χ1n) is 7.61. The van der Waals surface area contributed by atoms with E-state index < -0.39 is 0 Å². The summed E-state index contributed by atoms with van der Waals surface area (Å²) in [5, 5.41) is 3.26. The fourth-order valence-corrected chi connectivity index (χ4v) is 3.31. The zero-order chi connectivity index (χ0) is 15.4. The van der Waals surface area contributed by atoms with Crippen molar-refractivity contribution in [3.63, 3.8) is 0 Å². The monoisotopic (exact) mass is 321 g/mol. The van der Waals surface area contributed by atoms with Gasteiger partial charge in [0.15, 0.2) is 5.82 Å². The van der Waals surface area contributed by atoms with Crippen LogP contribution in [0, 0.1) is 12.7 Å². The van der Waals surface area contributed by atoms with Crippen LogP contribution in [0.1, 0.15) is 23.5 Å². The Morgan fingerprint density at radius 2 is 2.23 bits per heavy atom. The van der Waals surface area contributed by atoms with E-state index in [4.69, 9.17) is 4.74 Å².